The summed E-state index contributed by atoms with van der Waals surface area (Å²) in [4.78, 5) is 12.8. The third kappa shape index (κ3) is 3.63. The minimum absolute atomic E-state index is 0.0314. The first-order chi connectivity index (χ1) is 10.0. The van der Waals surface area contributed by atoms with Crippen LogP contribution in [0, 0.1) is 0 Å². The zero-order chi connectivity index (χ0) is 15.3. The number of nitrogens with one attached hydrogen (secondary N) is 2. The molecule has 116 valence electrons. The van der Waals surface area contributed by atoms with Gasteiger partial charge < -0.3 is 15.7 Å². The van der Waals surface area contributed by atoms with Crippen LogP contribution in [0.5, 0.6) is 0 Å². The monoisotopic (exact) mass is 290 g/mol. The molecule has 1 aliphatic rings. The van der Waals surface area contributed by atoms with Gasteiger partial charge in [0.1, 0.15) is 0 Å². The molecule has 0 spiro atoms. The van der Waals surface area contributed by atoms with Crippen LogP contribution >= 0.6 is 0 Å². The van der Waals surface area contributed by atoms with Crippen molar-refractivity contribution < 1.29 is 9.90 Å². The highest BCUT2D eigenvalue weighted by Gasteiger charge is 2.41. The van der Waals surface area contributed by atoms with Crippen LogP contribution in [0.4, 0.5) is 0 Å². The van der Waals surface area contributed by atoms with E-state index in [4.69, 9.17) is 0 Å². The molecule has 1 heterocycles. The smallest absolute Gasteiger partial charge is 0.230 e. The zero-order valence-electron chi connectivity index (χ0n) is 13.0. The van der Waals surface area contributed by atoms with Crippen LogP contribution in [0.25, 0.3) is 0 Å². The molecule has 0 bridgehead atoms. The zero-order valence-corrected chi connectivity index (χ0v) is 13.0. The number of hydrogen-bond acceptors (Lipinski definition) is 3. The van der Waals surface area contributed by atoms with E-state index in [2.05, 4.69) is 10.6 Å². The number of aliphatic hydroxyl groups is 1. The van der Waals surface area contributed by atoms with E-state index in [0.29, 0.717) is 13.0 Å². The van der Waals surface area contributed by atoms with Crippen molar-refractivity contribution in [2.24, 2.45) is 0 Å². The summed E-state index contributed by atoms with van der Waals surface area (Å²) in [6, 6.07) is 9.99. The largest absolute Gasteiger partial charge is 0.388 e. The fourth-order valence-electron chi connectivity index (χ4n) is 2.82. The van der Waals surface area contributed by atoms with E-state index in [0.717, 1.165) is 31.5 Å². The van der Waals surface area contributed by atoms with Crippen molar-refractivity contribution in [3.8, 4) is 0 Å². The standard InChI is InChI=1S/C17H26N2O2/c1-3-16(2,21)13-19-15(20)17(9-11-18-12-10-17)14-7-5-4-6-8-14/h4-8,18,21H,3,9-13H2,1-2H3,(H,19,20). The molecule has 0 saturated carbocycles. The van der Waals surface area contributed by atoms with Crippen LogP contribution in [-0.2, 0) is 10.2 Å². The Hall–Kier alpha value is -1.39. The van der Waals surface area contributed by atoms with E-state index in [9.17, 15) is 9.90 Å². The number of amides is 1. The molecule has 1 aromatic carbocycles. The molecule has 21 heavy (non-hydrogen) atoms. The van der Waals surface area contributed by atoms with E-state index in [1.165, 1.54) is 0 Å². The molecule has 1 aliphatic heterocycles. The maximum absolute atomic E-state index is 12.8. The fraction of sp³-hybridized carbons (Fsp3) is 0.588. The molecule has 1 fully saturated rings. The Morgan fingerprint density at radius 1 is 1.33 bits per heavy atom. The lowest BCUT2D eigenvalue weighted by Crippen LogP contribution is -2.53. The third-order valence-electron chi connectivity index (χ3n) is 4.61. The van der Waals surface area contributed by atoms with Gasteiger partial charge in [0.15, 0.2) is 0 Å². The molecule has 4 nitrogen and oxygen atoms in total. The highest BCUT2D eigenvalue weighted by Crippen LogP contribution is 2.33. The Morgan fingerprint density at radius 3 is 2.52 bits per heavy atom. The summed E-state index contributed by atoms with van der Waals surface area (Å²) >= 11 is 0. The first kappa shape index (κ1) is 16.0. The first-order valence-electron chi connectivity index (χ1n) is 7.77. The van der Waals surface area contributed by atoms with Crippen molar-refractivity contribution in [3.05, 3.63) is 35.9 Å². The second kappa shape index (κ2) is 6.58. The highest BCUT2D eigenvalue weighted by atomic mass is 16.3. The predicted octanol–water partition coefficient (Wildman–Crippen LogP) is 1.58. The Labute approximate surface area is 126 Å². The summed E-state index contributed by atoms with van der Waals surface area (Å²) in [6.07, 6.45) is 2.20. The van der Waals surface area contributed by atoms with Gasteiger partial charge in [-0.15, -0.1) is 0 Å². The summed E-state index contributed by atoms with van der Waals surface area (Å²) in [7, 11) is 0. The summed E-state index contributed by atoms with van der Waals surface area (Å²) < 4.78 is 0. The Kier molecular flexibility index (Phi) is 5.01. The molecular weight excluding hydrogens is 264 g/mol. The van der Waals surface area contributed by atoms with E-state index in [1.807, 2.05) is 37.3 Å². The number of benzene rings is 1. The molecule has 4 heteroatoms. The van der Waals surface area contributed by atoms with Gasteiger partial charge in [-0.3, -0.25) is 4.79 Å². The van der Waals surface area contributed by atoms with Crippen molar-refractivity contribution in [2.45, 2.75) is 44.1 Å². The Balaban J connectivity index is 2.18. The van der Waals surface area contributed by atoms with E-state index >= 15 is 0 Å². The van der Waals surface area contributed by atoms with Crippen LogP contribution in [0.15, 0.2) is 30.3 Å². The summed E-state index contributed by atoms with van der Waals surface area (Å²) in [6.45, 7) is 5.65. The van der Waals surface area contributed by atoms with Gasteiger partial charge in [0.25, 0.3) is 0 Å². The second-order valence-electron chi connectivity index (χ2n) is 6.23. The normalized spacial score (nSPS) is 20.5. The lowest BCUT2D eigenvalue weighted by Gasteiger charge is -2.37. The van der Waals surface area contributed by atoms with Gasteiger partial charge in [0.2, 0.25) is 5.91 Å². The molecule has 1 aromatic rings. The minimum Gasteiger partial charge on any atom is -0.388 e. The number of piperidine rings is 1. The SMILES string of the molecule is CCC(C)(O)CNC(=O)C1(c2ccccc2)CCNCC1. The van der Waals surface area contributed by atoms with Gasteiger partial charge in [-0.1, -0.05) is 37.3 Å². The van der Waals surface area contributed by atoms with Gasteiger partial charge in [-0.05, 0) is 44.8 Å². The van der Waals surface area contributed by atoms with Gasteiger partial charge in [-0.2, -0.15) is 0 Å². The van der Waals surface area contributed by atoms with Gasteiger partial charge in [0.05, 0.1) is 11.0 Å². The number of hydrogen-bond donors (Lipinski definition) is 3. The molecule has 0 aliphatic carbocycles. The third-order valence-corrected chi connectivity index (χ3v) is 4.61. The maximum Gasteiger partial charge on any atom is 0.230 e. The van der Waals surface area contributed by atoms with Crippen molar-refractivity contribution in [2.75, 3.05) is 19.6 Å². The second-order valence-corrected chi connectivity index (χ2v) is 6.23. The minimum atomic E-state index is -0.847. The average molecular weight is 290 g/mol. The first-order valence-corrected chi connectivity index (χ1v) is 7.77. The van der Waals surface area contributed by atoms with E-state index < -0.39 is 11.0 Å². The van der Waals surface area contributed by atoms with Crippen molar-refractivity contribution in [1.29, 1.82) is 0 Å². The van der Waals surface area contributed by atoms with Gasteiger partial charge >= 0.3 is 0 Å². The summed E-state index contributed by atoms with van der Waals surface area (Å²) in [5, 5.41) is 16.4. The van der Waals surface area contributed by atoms with Crippen molar-refractivity contribution in [3.63, 3.8) is 0 Å². The number of carbonyl (C=O) groups excluding carboxylic acids is 1. The quantitative estimate of drug-likeness (QED) is 0.771. The van der Waals surface area contributed by atoms with Gasteiger partial charge in [0, 0.05) is 6.54 Å². The highest BCUT2D eigenvalue weighted by molar-refractivity contribution is 5.88. The van der Waals surface area contributed by atoms with Crippen LogP contribution in [-0.4, -0.2) is 36.2 Å². The molecular formula is C17H26N2O2. The molecule has 1 saturated heterocycles. The topological polar surface area (TPSA) is 61.4 Å². The Bertz CT molecular complexity index is 465. The van der Waals surface area contributed by atoms with Crippen LogP contribution < -0.4 is 10.6 Å². The summed E-state index contributed by atoms with van der Waals surface area (Å²) in [5.74, 6) is 0.0314. The van der Waals surface area contributed by atoms with Crippen LogP contribution in [0.3, 0.4) is 0 Å². The predicted molar refractivity (Wildman–Crippen MR) is 84.1 cm³/mol. The average Bonchev–Trinajstić information content (AvgIpc) is 2.54. The molecule has 2 rings (SSSR count). The number of rotatable bonds is 5. The Morgan fingerprint density at radius 2 is 1.95 bits per heavy atom. The maximum atomic E-state index is 12.8. The molecule has 1 amide bonds. The van der Waals surface area contributed by atoms with Crippen LogP contribution in [0.2, 0.25) is 0 Å². The van der Waals surface area contributed by atoms with Crippen molar-refractivity contribution >= 4 is 5.91 Å². The number of carbonyl (C=O) groups is 1. The molecule has 0 aromatic heterocycles. The van der Waals surface area contributed by atoms with E-state index in [1.54, 1.807) is 6.92 Å². The molecule has 1 unspecified atom stereocenters. The molecule has 0 radical (unpaired) electrons. The summed E-state index contributed by atoms with van der Waals surface area (Å²) in [5.41, 5.74) is -0.253. The van der Waals surface area contributed by atoms with Gasteiger partial charge in [-0.25, -0.2) is 0 Å². The lowest BCUT2D eigenvalue weighted by molar-refractivity contribution is -0.129. The fourth-order valence-corrected chi connectivity index (χ4v) is 2.82. The van der Waals surface area contributed by atoms with Crippen LogP contribution in [0.1, 0.15) is 38.7 Å². The molecule has 1 atom stereocenters. The molecule has 3 N–H and O–H groups in total. The lowest BCUT2D eigenvalue weighted by atomic mass is 9.72. The van der Waals surface area contributed by atoms with Crippen molar-refractivity contribution in [1.82, 2.24) is 10.6 Å². The van der Waals surface area contributed by atoms with E-state index in [-0.39, 0.29) is 5.91 Å².